The molecule has 0 aromatic carbocycles. The topological polar surface area (TPSA) is 75.9 Å². The summed E-state index contributed by atoms with van der Waals surface area (Å²) in [5, 5.41) is 3.55. The summed E-state index contributed by atoms with van der Waals surface area (Å²) in [7, 11) is 0. The van der Waals surface area contributed by atoms with E-state index in [9.17, 15) is 0 Å². The van der Waals surface area contributed by atoms with E-state index in [1.807, 2.05) is 6.07 Å². The van der Waals surface area contributed by atoms with Crippen molar-refractivity contribution in [2.75, 3.05) is 10.7 Å². The Labute approximate surface area is 114 Å². The van der Waals surface area contributed by atoms with Crippen LogP contribution in [-0.2, 0) is 0 Å². The van der Waals surface area contributed by atoms with Gasteiger partial charge < -0.3 is 10.7 Å². The Hall–Kier alpha value is -1.36. The molecule has 0 aliphatic heterocycles. The van der Waals surface area contributed by atoms with E-state index < -0.39 is 0 Å². The molecular weight excluding hydrogens is 238 g/mol. The summed E-state index contributed by atoms with van der Waals surface area (Å²) in [6.45, 7) is 2.23. The number of nitrogens with one attached hydrogen (secondary N) is 2. The Morgan fingerprint density at radius 1 is 1.26 bits per heavy atom. The van der Waals surface area contributed by atoms with Crippen LogP contribution in [0.3, 0.4) is 0 Å². The van der Waals surface area contributed by atoms with Crippen molar-refractivity contribution < 1.29 is 0 Å². The molecule has 1 heterocycles. The first-order valence-electron chi connectivity index (χ1n) is 7.40. The monoisotopic (exact) mass is 261 g/mol. The average molecular weight is 261 g/mol. The maximum absolute atomic E-state index is 5.49. The molecule has 5 heteroatoms. The second kappa shape index (κ2) is 5.33. The Morgan fingerprint density at radius 2 is 2.00 bits per heavy atom. The molecule has 1 unspecified atom stereocenters. The van der Waals surface area contributed by atoms with Crippen LogP contribution in [0.2, 0.25) is 0 Å². The fraction of sp³-hybridized carbons (Fsp3) is 0.714. The Kier molecular flexibility index (Phi) is 3.55. The number of hydrogen-bond donors (Lipinski definition) is 3. The second-order valence-corrected chi connectivity index (χ2v) is 5.84. The van der Waals surface area contributed by atoms with Crippen molar-refractivity contribution >= 4 is 11.6 Å². The molecule has 0 bridgehead atoms. The molecule has 1 aromatic rings. The zero-order valence-electron chi connectivity index (χ0n) is 11.5. The number of hydrazine groups is 1. The Bertz CT molecular complexity index is 439. The van der Waals surface area contributed by atoms with Crippen LogP contribution in [0.1, 0.15) is 57.2 Å². The van der Waals surface area contributed by atoms with Gasteiger partial charge in [-0.15, -0.1) is 0 Å². The highest BCUT2D eigenvalue weighted by molar-refractivity contribution is 5.48. The lowest BCUT2D eigenvalue weighted by Crippen LogP contribution is -2.21. The highest BCUT2D eigenvalue weighted by atomic mass is 15.3. The molecule has 2 saturated carbocycles. The van der Waals surface area contributed by atoms with Gasteiger partial charge in [-0.3, -0.25) is 0 Å². The van der Waals surface area contributed by atoms with Crippen LogP contribution in [0.5, 0.6) is 0 Å². The zero-order chi connectivity index (χ0) is 13.2. The van der Waals surface area contributed by atoms with Crippen LogP contribution < -0.4 is 16.6 Å². The van der Waals surface area contributed by atoms with Gasteiger partial charge in [0.05, 0.1) is 0 Å². The van der Waals surface area contributed by atoms with Gasteiger partial charge in [-0.05, 0) is 31.6 Å². The number of anilines is 2. The SMILES string of the molecule is CCC(CC1CC1)Nc1cc(NN)nc(C2CC2)n1. The van der Waals surface area contributed by atoms with E-state index in [2.05, 4.69) is 27.6 Å². The first-order valence-corrected chi connectivity index (χ1v) is 7.40. The van der Waals surface area contributed by atoms with Crippen molar-refractivity contribution in [3.05, 3.63) is 11.9 Å². The van der Waals surface area contributed by atoms with E-state index >= 15 is 0 Å². The molecule has 0 radical (unpaired) electrons. The van der Waals surface area contributed by atoms with Crippen molar-refractivity contribution in [2.45, 2.75) is 57.4 Å². The van der Waals surface area contributed by atoms with Crippen LogP contribution in [0, 0.1) is 5.92 Å². The van der Waals surface area contributed by atoms with Crippen LogP contribution in [0.25, 0.3) is 0 Å². The summed E-state index contributed by atoms with van der Waals surface area (Å²) in [6, 6.07) is 2.42. The quantitative estimate of drug-likeness (QED) is 0.519. The number of aromatic nitrogens is 2. The van der Waals surface area contributed by atoms with Crippen molar-refractivity contribution in [1.29, 1.82) is 0 Å². The minimum atomic E-state index is 0.514. The summed E-state index contributed by atoms with van der Waals surface area (Å²) in [5.41, 5.74) is 2.64. The normalized spacial score (nSPS) is 20.1. The fourth-order valence-corrected chi connectivity index (χ4v) is 2.43. The van der Waals surface area contributed by atoms with Crippen molar-refractivity contribution in [3.8, 4) is 0 Å². The third kappa shape index (κ3) is 3.35. The number of nitrogen functional groups attached to an aromatic ring is 1. The predicted molar refractivity (Wildman–Crippen MR) is 76.9 cm³/mol. The maximum atomic E-state index is 5.49. The Balaban J connectivity index is 1.72. The average Bonchev–Trinajstić information content (AvgIpc) is 3.28. The smallest absolute Gasteiger partial charge is 0.145 e. The third-order valence-electron chi connectivity index (χ3n) is 3.99. The molecule has 104 valence electrons. The maximum Gasteiger partial charge on any atom is 0.145 e. The summed E-state index contributed by atoms with van der Waals surface area (Å²) < 4.78 is 0. The van der Waals surface area contributed by atoms with Crippen LogP contribution >= 0.6 is 0 Å². The fourth-order valence-electron chi connectivity index (χ4n) is 2.43. The lowest BCUT2D eigenvalue weighted by atomic mass is 10.1. The minimum absolute atomic E-state index is 0.514. The number of hydrogen-bond acceptors (Lipinski definition) is 5. The molecule has 0 spiro atoms. The molecule has 1 aromatic heterocycles. The zero-order valence-corrected chi connectivity index (χ0v) is 11.5. The summed E-state index contributed by atoms with van der Waals surface area (Å²) in [6.07, 6.45) is 7.57. The molecule has 0 saturated heterocycles. The Morgan fingerprint density at radius 3 is 2.58 bits per heavy atom. The first kappa shape index (κ1) is 12.7. The van der Waals surface area contributed by atoms with Gasteiger partial charge >= 0.3 is 0 Å². The molecule has 3 rings (SSSR count). The van der Waals surface area contributed by atoms with E-state index in [1.165, 1.54) is 32.1 Å². The second-order valence-electron chi connectivity index (χ2n) is 5.84. The third-order valence-corrected chi connectivity index (χ3v) is 3.99. The summed E-state index contributed by atoms with van der Waals surface area (Å²) in [4.78, 5) is 9.07. The van der Waals surface area contributed by atoms with Crippen molar-refractivity contribution in [3.63, 3.8) is 0 Å². The van der Waals surface area contributed by atoms with Gasteiger partial charge in [-0.2, -0.15) is 0 Å². The van der Waals surface area contributed by atoms with E-state index in [0.717, 1.165) is 24.0 Å². The van der Waals surface area contributed by atoms with Crippen molar-refractivity contribution in [1.82, 2.24) is 9.97 Å². The van der Waals surface area contributed by atoms with Crippen LogP contribution in [0.4, 0.5) is 11.6 Å². The minimum Gasteiger partial charge on any atom is -0.367 e. The number of nitrogens with two attached hydrogens (primary N) is 1. The van der Waals surface area contributed by atoms with Gasteiger partial charge in [0, 0.05) is 18.0 Å². The van der Waals surface area contributed by atoms with Gasteiger partial charge in [-0.25, -0.2) is 15.8 Å². The molecule has 2 aliphatic carbocycles. The van der Waals surface area contributed by atoms with Crippen molar-refractivity contribution in [2.24, 2.45) is 11.8 Å². The van der Waals surface area contributed by atoms with E-state index in [1.54, 1.807) is 0 Å². The first-order chi connectivity index (χ1) is 9.28. The largest absolute Gasteiger partial charge is 0.367 e. The lowest BCUT2D eigenvalue weighted by Gasteiger charge is -2.18. The lowest BCUT2D eigenvalue weighted by molar-refractivity contribution is 0.584. The summed E-state index contributed by atoms with van der Waals surface area (Å²) in [5.74, 6) is 9.51. The molecule has 4 N–H and O–H groups in total. The number of nitrogens with zero attached hydrogens (tertiary/aromatic N) is 2. The highest BCUT2D eigenvalue weighted by Crippen LogP contribution is 2.39. The van der Waals surface area contributed by atoms with Gasteiger partial charge in [0.25, 0.3) is 0 Å². The van der Waals surface area contributed by atoms with E-state index in [4.69, 9.17) is 5.84 Å². The van der Waals surface area contributed by atoms with E-state index in [0.29, 0.717) is 17.8 Å². The van der Waals surface area contributed by atoms with Gasteiger partial charge in [-0.1, -0.05) is 19.8 Å². The summed E-state index contributed by atoms with van der Waals surface area (Å²) >= 11 is 0. The standard InChI is InChI=1S/C14H23N5/c1-2-11(7-9-3-4-9)16-12-8-13(19-15)18-14(17-12)10-5-6-10/h8-11H,2-7,15H2,1H3,(H2,16,17,18,19). The molecule has 19 heavy (non-hydrogen) atoms. The van der Waals surface area contributed by atoms with Gasteiger partial charge in [0.1, 0.15) is 17.5 Å². The predicted octanol–water partition coefficient (Wildman–Crippen LogP) is 2.63. The molecule has 5 nitrogen and oxygen atoms in total. The van der Waals surface area contributed by atoms with E-state index in [-0.39, 0.29) is 0 Å². The molecular formula is C14H23N5. The highest BCUT2D eigenvalue weighted by Gasteiger charge is 2.28. The molecule has 2 aliphatic rings. The number of rotatable bonds is 7. The van der Waals surface area contributed by atoms with Crippen LogP contribution in [0.15, 0.2) is 6.07 Å². The van der Waals surface area contributed by atoms with Crippen LogP contribution in [-0.4, -0.2) is 16.0 Å². The molecule has 0 amide bonds. The van der Waals surface area contributed by atoms with Gasteiger partial charge in [0.15, 0.2) is 0 Å². The molecule has 1 atom stereocenters. The molecule has 2 fully saturated rings. The van der Waals surface area contributed by atoms with Gasteiger partial charge in [0.2, 0.25) is 0 Å².